The zero-order chi connectivity index (χ0) is 12.4. The third-order valence-electron chi connectivity index (χ3n) is 3.29. The lowest BCUT2D eigenvalue weighted by Crippen LogP contribution is -2.31. The van der Waals surface area contributed by atoms with Crippen molar-refractivity contribution in [1.29, 1.82) is 0 Å². The average Bonchev–Trinajstić information content (AvgIpc) is 3.26. The Balaban J connectivity index is 1.58. The zero-order valence-corrected chi connectivity index (χ0v) is 10.7. The first-order chi connectivity index (χ1) is 8.83. The standard InChI is InChI=1S/C14H19NO3/c1-16-12-4-2-11(3-5-12)6-15(7-13-9-17-13)8-14-10-18-14/h2-5,13-14H,6-10H2,1H3. The molecule has 2 atom stereocenters. The maximum atomic E-state index is 5.31. The first kappa shape index (κ1) is 12.0. The van der Waals surface area contributed by atoms with Crippen LogP contribution in [0.5, 0.6) is 5.75 Å². The summed E-state index contributed by atoms with van der Waals surface area (Å²) in [6, 6.07) is 8.25. The fourth-order valence-corrected chi connectivity index (χ4v) is 2.12. The SMILES string of the molecule is COc1ccc(CN(CC2CO2)CC2CO2)cc1. The van der Waals surface area contributed by atoms with Gasteiger partial charge in [-0.2, -0.15) is 0 Å². The van der Waals surface area contributed by atoms with Gasteiger partial charge in [0.2, 0.25) is 0 Å². The van der Waals surface area contributed by atoms with Gasteiger partial charge in [-0.15, -0.1) is 0 Å². The molecule has 4 heteroatoms. The average molecular weight is 249 g/mol. The maximum Gasteiger partial charge on any atom is 0.118 e. The molecule has 0 radical (unpaired) electrons. The van der Waals surface area contributed by atoms with E-state index in [4.69, 9.17) is 14.2 Å². The van der Waals surface area contributed by atoms with Crippen LogP contribution in [0.15, 0.2) is 24.3 Å². The summed E-state index contributed by atoms with van der Waals surface area (Å²) in [5.41, 5.74) is 1.30. The third kappa shape index (κ3) is 3.45. The fourth-order valence-electron chi connectivity index (χ4n) is 2.12. The molecule has 0 saturated carbocycles. The van der Waals surface area contributed by atoms with Gasteiger partial charge in [0.05, 0.1) is 32.5 Å². The molecule has 1 aromatic rings. The molecule has 0 N–H and O–H groups in total. The maximum absolute atomic E-state index is 5.31. The normalized spacial score (nSPS) is 25.2. The van der Waals surface area contributed by atoms with Crippen molar-refractivity contribution >= 4 is 0 Å². The number of rotatable bonds is 7. The molecule has 2 unspecified atom stereocenters. The second-order valence-corrected chi connectivity index (χ2v) is 4.95. The molecule has 0 bridgehead atoms. The minimum Gasteiger partial charge on any atom is -0.497 e. The van der Waals surface area contributed by atoms with Crippen molar-refractivity contribution in [3.8, 4) is 5.75 Å². The van der Waals surface area contributed by atoms with Crippen molar-refractivity contribution < 1.29 is 14.2 Å². The Morgan fingerprint density at radius 2 is 1.67 bits per heavy atom. The lowest BCUT2D eigenvalue weighted by molar-refractivity contribution is 0.213. The van der Waals surface area contributed by atoms with Crippen molar-refractivity contribution in [3.05, 3.63) is 29.8 Å². The van der Waals surface area contributed by atoms with Crippen LogP contribution in [0.3, 0.4) is 0 Å². The highest BCUT2D eigenvalue weighted by Gasteiger charge is 2.30. The highest BCUT2D eigenvalue weighted by atomic mass is 16.6. The number of hydrogen-bond acceptors (Lipinski definition) is 4. The van der Waals surface area contributed by atoms with E-state index in [2.05, 4.69) is 17.0 Å². The van der Waals surface area contributed by atoms with Crippen LogP contribution in [0.4, 0.5) is 0 Å². The topological polar surface area (TPSA) is 37.5 Å². The van der Waals surface area contributed by atoms with Gasteiger partial charge in [0.15, 0.2) is 0 Å². The molecule has 3 rings (SSSR count). The quantitative estimate of drug-likeness (QED) is 0.683. The van der Waals surface area contributed by atoms with E-state index in [9.17, 15) is 0 Å². The number of benzene rings is 1. The minimum atomic E-state index is 0.432. The van der Waals surface area contributed by atoms with E-state index in [1.54, 1.807) is 7.11 Å². The molecule has 4 nitrogen and oxygen atoms in total. The molecule has 2 saturated heterocycles. The van der Waals surface area contributed by atoms with Gasteiger partial charge in [-0.05, 0) is 17.7 Å². The third-order valence-corrected chi connectivity index (χ3v) is 3.29. The van der Waals surface area contributed by atoms with Crippen LogP contribution in [0.1, 0.15) is 5.56 Å². The molecule has 2 fully saturated rings. The van der Waals surface area contributed by atoms with Gasteiger partial charge >= 0.3 is 0 Å². The highest BCUT2D eigenvalue weighted by Crippen LogP contribution is 2.19. The lowest BCUT2D eigenvalue weighted by Gasteiger charge is -2.20. The molecule has 0 aliphatic carbocycles. The van der Waals surface area contributed by atoms with Crippen molar-refractivity contribution in [1.82, 2.24) is 4.90 Å². The lowest BCUT2D eigenvalue weighted by atomic mass is 10.2. The molecule has 0 aromatic heterocycles. The number of methoxy groups -OCH3 is 1. The predicted molar refractivity (Wildman–Crippen MR) is 67.8 cm³/mol. The molecule has 2 aliphatic rings. The Hall–Kier alpha value is -1.10. The second kappa shape index (κ2) is 5.26. The van der Waals surface area contributed by atoms with Crippen LogP contribution < -0.4 is 4.74 Å². The summed E-state index contributed by atoms with van der Waals surface area (Å²) in [6.45, 7) is 4.77. The first-order valence-corrected chi connectivity index (χ1v) is 6.42. The largest absolute Gasteiger partial charge is 0.497 e. The number of nitrogens with zero attached hydrogens (tertiary/aromatic N) is 1. The molecule has 18 heavy (non-hydrogen) atoms. The summed E-state index contributed by atoms with van der Waals surface area (Å²) in [7, 11) is 1.69. The molecule has 0 spiro atoms. The number of ether oxygens (including phenoxy) is 3. The van der Waals surface area contributed by atoms with Crippen LogP contribution in [0, 0.1) is 0 Å². The zero-order valence-electron chi connectivity index (χ0n) is 10.7. The second-order valence-electron chi connectivity index (χ2n) is 4.95. The van der Waals surface area contributed by atoms with E-state index < -0.39 is 0 Å². The van der Waals surface area contributed by atoms with Gasteiger partial charge in [0.1, 0.15) is 5.75 Å². The van der Waals surface area contributed by atoms with E-state index in [1.807, 2.05) is 12.1 Å². The van der Waals surface area contributed by atoms with Gasteiger partial charge in [-0.3, -0.25) is 4.90 Å². The molecular formula is C14H19NO3. The smallest absolute Gasteiger partial charge is 0.118 e. The molecule has 98 valence electrons. The Morgan fingerprint density at radius 1 is 1.11 bits per heavy atom. The molecule has 2 aliphatic heterocycles. The summed E-state index contributed by atoms with van der Waals surface area (Å²) in [6.07, 6.45) is 0.865. The summed E-state index contributed by atoms with van der Waals surface area (Å²) in [5.74, 6) is 0.904. The summed E-state index contributed by atoms with van der Waals surface area (Å²) in [5, 5.41) is 0. The Bertz CT molecular complexity index is 371. The predicted octanol–water partition coefficient (Wildman–Crippen LogP) is 1.29. The van der Waals surface area contributed by atoms with E-state index in [0.29, 0.717) is 12.2 Å². The van der Waals surface area contributed by atoms with Gasteiger partial charge in [0, 0.05) is 19.6 Å². The molecule has 2 heterocycles. The van der Waals surface area contributed by atoms with Crippen molar-refractivity contribution in [3.63, 3.8) is 0 Å². The van der Waals surface area contributed by atoms with Crippen molar-refractivity contribution in [2.24, 2.45) is 0 Å². The summed E-state index contributed by atoms with van der Waals surface area (Å²) < 4.78 is 15.8. The van der Waals surface area contributed by atoms with Gasteiger partial charge < -0.3 is 14.2 Å². The Kier molecular flexibility index (Phi) is 3.50. The van der Waals surface area contributed by atoms with E-state index in [0.717, 1.165) is 38.6 Å². The van der Waals surface area contributed by atoms with Crippen LogP contribution in [0.25, 0.3) is 0 Å². The van der Waals surface area contributed by atoms with Gasteiger partial charge in [0.25, 0.3) is 0 Å². The van der Waals surface area contributed by atoms with Crippen LogP contribution in [0.2, 0.25) is 0 Å². The molecule has 0 amide bonds. The van der Waals surface area contributed by atoms with E-state index in [-0.39, 0.29) is 0 Å². The number of epoxide rings is 2. The molecular weight excluding hydrogens is 230 g/mol. The van der Waals surface area contributed by atoms with Crippen molar-refractivity contribution in [2.75, 3.05) is 33.4 Å². The Labute approximate surface area is 107 Å². The fraction of sp³-hybridized carbons (Fsp3) is 0.571. The van der Waals surface area contributed by atoms with Gasteiger partial charge in [-0.25, -0.2) is 0 Å². The van der Waals surface area contributed by atoms with Crippen LogP contribution in [-0.4, -0.2) is 50.5 Å². The van der Waals surface area contributed by atoms with Crippen molar-refractivity contribution in [2.45, 2.75) is 18.8 Å². The summed E-state index contributed by atoms with van der Waals surface area (Å²) in [4.78, 5) is 2.41. The van der Waals surface area contributed by atoms with Crippen LogP contribution in [-0.2, 0) is 16.0 Å². The van der Waals surface area contributed by atoms with Crippen LogP contribution >= 0.6 is 0 Å². The van der Waals surface area contributed by atoms with Gasteiger partial charge in [-0.1, -0.05) is 12.1 Å². The van der Waals surface area contributed by atoms with E-state index >= 15 is 0 Å². The minimum absolute atomic E-state index is 0.432. The molecule has 1 aromatic carbocycles. The summed E-state index contributed by atoms with van der Waals surface area (Å²) >= 11 is 0. The number of hydrogen-bond donors (Lipinski definition) is 0. The Morgan fingerprint density at radius 3 is 2.11 bits per heavy atom. The van der Waals surface area contributed by atoms with E-state index in [1.165, 1.54) is 5.56 Å². The first-order valence-electron chi connectivity index (χ1n) is 6.42. The monoisotopic (exact) mass is 249 g/mol. The highest BCUT2D eigenvalue weighted by molar-refractivity contribution is 5.27.